The summed E-state index contributed by atoms with van der Waals surface area (Å²) in [7, 11) is 0. The van der Waals surface area contributed by atoms with Gasteiger partial charge >= 0.3 is 0 Å². The maximum absolute atomic E-state index is 13.2. The van der Waals surface area contributed by atoms with Crippen molar-refractivity contribution in [3.8, 4) is 0 Å². The van der Waals surface area contributed by atoms with Gasteiger partial charge in [0.05, 0.1) is 23.4 Å². The lowest BCUT2D eigenvalue weighted by molar-refractivity contribution is -0.0348. The number of hydrogen-bond acceptors (Lipinski definition) is 6. The molecule has 4 aromatic rings. The smallest absolute Gasteiger partial charge is 0.258 e. The second-order valence-electron chi connectivity index (χ2n) is 7.62. The van der Waals surface area contributed by atoms with E-state index in [1.165, 1.54) is 23.5 Å². The molecule has 1 atom stereocenters. The molecule has 3 heterocycles. The summed E-state index contributed by atoms with van der Waals surface area (Å²) in [6, 6.07) is 16.0. The number of ether oxygens (including phenoxy) is 1. The monoisotopic (exact) mass is 448 g/mol. The topological polar surface area (TPSA) is 67.4 Å². The van der Waals surface area contributed by atoms with Crippen LogP contribution in [0.1, 0.15) is 27.7 Å². The van der Waals surface area contributed by atoms with Gasteiger partial charge in [0, 0.05) is 36.6 Å². The number of hydrogen-bond donors (Lipinski definition) is 1. The molecule has 162 valence electrons. The van der Waals surface area contributed by atoms with Crippen LogP contribution in [0.4, 0.5) is 9.52 Å². The molecule has 2 aromatic carbocycles. The lowest BCUT2D eigenvalue weighted by Gasteiger charge is -2.33. The van der Waals surface area contributed by atoms with Crippen LogP contribution >= 0.6 is 11.3 Å². The fraction of sp³-hybridized carbons (Fsp3) is 0.208. The number of carbonyl (C=O) groups excluding carboxylic acids is 1. The molecule has 1 saturated heterocycles. The number of aromatic nitrogens is 2. The first-order chi connectivity index (χ1) is 15.7. The summed E-state index contributed by atoms with van der Waals surface area (Å²) < 4.78 is 19.3. The first-order valence-corrected chi connectivity index (χ1v) is 11.2. The standard InChI is InChI=1S/C24H21FN4O2S/c25-17-7-5-16(6-8-17)14-29-10-11-31-22(15-29)21-13-19(18-3-1-2-4-20(18)27-21)23(30)28-24-26-9-12-32-24/h1-9,12-13,22H,10-11,14-15H2,(H,26,28,30)/t22-/m1/s1. The average molecular weight is 449 g/mol. The number of pyridine rings is 1. The molecule has 1 N–H and O–H groups in total. The van der Waals surface area contributed by atoms with Gasteiger partial charge in [0.1, 0.15) is 11.9 Å². The van der Waals surface area contributed by atoms with Crippen LogP contribution < -0.4 is 5.32 Å². The number of nitrogens with one attached hydrogen (secondary N) is 1. The predicted molar refractivity (Wildman–Crippen MR) is 122 cm³/mol. The highest BCUT2D eigenvalue weighted by Gasteiger charge is 2.25. The number of anilines is 1. The zero-order valence-corrected chi connectivity index (χ0v) is 18.0. The van der Waals surface area contributed by atoms with E-state index in [2.05, 4.69) is 15.2 Å². The van der Waals surface area contributed by atoms with E-state index in [-0.39, 0.29) is 17.8 Å². The van der Waals surface area contributed by atoms with Gasteiger partial charge < -0.3 is 4.74 Å². The van der Waals surface area contributed by atoms with E-state index in [0.717, 1.165) is 28.7 Å². The summed E-state index contributed by atoms with van der Waals surface area (Å²) in [5.74, 6) is -0.462. The Labute approximate surface area is 188 Å². The van der Waals surface area contributed by atoms with Crippen molar-refractivity contribution in [1.29, 1.82) is 0 Å². The molecular formula is C24H21FN4O2S. The van der Waals surface area contributed by atoms with Crippen molar-refractivity contribution in [3.05, 3.63) is 88.8 Å². The second-order valence-corrected chi connectivity index (χ2v) is 8.52. The van der Waals surface area contributed by atoms with Crippen molar-refractivity contribution in [1.82, 2.24) is 14.9 Å². The molecule has 0 saturated carbocycles. The highest BCUT2D eigenvalue weighted by atomic mass is 32.1. The van der Waals surface area contributed by atoms with Gasteiger partial charge in [-0.2, -0.15) is 0 Å². The Kier molecular flexibility index (Phi) is 5.89. The van der Waals surface area contributed by atoms with Gasteiger partial charge in [-0.3, -0.25) is 15.0 Å². The lowest BCUT2D eigenvalue weighted by atomic mass is 10.0. The van der Waals surface area contributed by atoms with Gasteiger partial charge in [0.15, 0.2) is 5.13 Å². The SMILES string of the molecule is O=C(Nc1nccs1)c1cc([C@H]2CN(Cc3ccc(F)cc3)CCO2)nc2ccccc12. The Bertz CT molecular complexity index is 1230. The van der Waals surface area contributed by atoms with E-state index < -0.39 is 0 Å². The first-order valence-electron chi connectivity index (χ1n) is 10.3. The van der Waals surface area contributed by atoms with Gasteiger partial charge in [-0.25, -0.2) is 14.4 Å². The highest BCUT2D eigenvalue weighted by Crippen LogP contribution is 2.27. The number of amides is 1. The molecule has 0 aliphatic carbocycles. The fourth-order valence-corrected chi connectivity index (χ4v) is 4.40. The highest BCUT2D eigenvalue weighted by molar-refractivity contribution is 7.13. The van der Waals surface area contributed by atoms with Gasteiger partial charge in [-0.1, -0.05) is 30.3 Å². The molecule has 1 fully saturated rings. The van der Waals surface area contributed by atoms with Crippen molar-refractivity contribution in [2.45, 2.75) is 12.6 Å². The van der Waals surface area contributed by atoms with Crippen LogP contribution in [0, 0.1) is 5.82 Å². The minimum Gasteiger partial charge on any atom is -0.369 e. The molecule has 1 aliphatic rings. The number of thiazole rings is 1. The number of morpholine rings is 1. The van der Waals surface area contributed by atoms with Gasteiger partial charge in [0.25, 0.3) is 5.91 Å². The molecule has 6 nitrogen and oxygen atoms in total. The van der Waals surface area contributed by atoms with Crippen LogP contribution in [0.5, 0.6) is 0 Å². The maximum atomic E-state index is 13.2. The molecule has 0 bridgehead atoms. The largest absolute Gasteiger partial charge is 0.369 e. The van der Waals surface area contributed by atoms with Gasteiger partial charge in [-0.15, -0.1) is 11.3 Å². The minimum atomic E-state index is -0.264. The summed E-state index contributed by atoms with van der Waals surface area (Å²) in [6.07, 6.45) is 1.39. The van der Waals surface area contributed by atoms with E-state index >= 15 is 0 Å². The van der Waals surface area contributed by atoms with E-state index in [4.69, 9.17) is 9.72 Å². The van der Waals surface area contributed by atoms with Crippen molar-refractivity contribution in [3.63, 3.8) is 0 Å². The number of carbonyl (C=O) groups is 1. The lowest BCUT2D eigenvalue weighted by Crippen LogP contribution is -2.38. The maximum Gasteiger partial charge on any atom is 0.258 e. The molecular weight excluding hydrogens is 427 g/mol. The third-order valence-corrected chi connectivity index (χ3v) is 6.12. The summed E-state index contributed by atoms with van der Waals surface area (Å²) in [5.41, 5.74) is 3.05. The van der Waals surface area contributed by atoms with Crippen molar-refractivity contribution in [2.75, 3.05) is 25.0 Å². The quantitative estimate of drug-likeness (QED) is 0.481. The molecule has 0 spiro atoms. The number of benzene rings is 2. The van der Waals surface area contributed by atoms with E-state index in [9.17, 15) is 9.18 Å². The van der Waals surface area contributed by atoms with E-state index in [0.29, 0.717) is 30.4 Å². The minimum absolute atomic E-state index is 0.223. The number of fused-ring (bicyclic) bond motifs is 1. The van der Waals surface area contributed by atoms with Crippen molar-refractivity contribution in [2.24, 2.45) is 0 Å². The Hall–Kier alpha value is -3.20. The summed E-state index contributed by atoms with van der Waals surface area (Å²) in [4.78, 5) is 24.2. The first kappa shape index (κ1) is 20.7. The third-order valence-electron chi connectivity index (χ3n) is 5.43. The summed E-state index contributed by atoms with van der Waals surface area (Å²) >= 11 is 1.37. The van der Waals surface area contributed by atoms with Crippen LogP contribution in [0.15, 0.2) is 66.2 Å². The zero-order valence-electron chi connectivity index (χ0n) is 17.2. The van der Waals surface area contributed by atoms with Crippen LogP contribution in [-0.4, -0.2) is 40.5 Å². The summed E-state index contributed by atoms with van der Waals surface area (Å²) in [6.45, 7) is 2.67. The van der Waals surface area contributed by atoms with E-state index in [1.54, 1.807) is 18.3 Å². The molecule has 32 heavy (non-hydrogen) atoms. The van der Waals surface area contributed by atoms with Crippen LogP contribution in [-0.2, 0) is 11.3 Å². The number of para-hydroxylation sites is 1. The Morgan fingerprint density at radius 1 is 1.22 bits per heavy atom. The Morgan fingerprint density at radius 2 is 2.06 bits per heavy atom. The zero-order chi connectivity index (χ0) is 21.9. The average Bonchev–Trinajstić information content (AvgIpc) is 3.33. The van der Waals surface area contributed by atoms with Crippen molar-refractivity contribution < 1.29 is 13.9 Å². The van der Waals surface area contributed by atoms with E-state index in [1.807, 2.05) is 35.7 Å². The molecule has 1 aliphatic heterocycles. The normalized spacial score (nSPS) is 16.8. The number of rotatable bonds is 5. The number of nitrogens with zero attached hydrogens (tertiary/aromatic N) is 3. The van der Waals surface area contributed by atoms with Crippen LogP contribution in [0.2, 0.25) is 0 Å². The second kappa shape index (κ2) is 9.12. The predicted octanol–water partition coefficient (Wildman–Crippen LogP) is 4.66. The van der Waals surface area contributed by atoms with Gasteiger partial charge in [0.2, 0.25) is 0 Å². The molecule has 2 aromatic heterocycles. The van der Waals surface area contributed by atoms with Crippen LogP contribution in [0.25, 0.3) is 10.9 Å². The molecule has 0 unspecified atom stereocenters. The molecule has 1 amide bonds. The molecule has 0 radical (unpaired) electrons. The fourth-order valence-electron chi connectivity index (χ4n) is 3.87. The Morgan fingerprint density at radius 3 is 2.88 bits per heavy atom. The third kappa shape index (κ3) is 4.52. The Balaban J connectivity index is 1.41. The summed E-state index contributed by atoms with van der Waals surface area (Å²) in [5, 5.41) is 6.02. The van der Waals surface area contributed by atoms with Crippen molar-refractivity contribution >= 4 is 33.3 Å². The number of halogens is 1. The molecule has 8 heteroatoms. The van der Waals surface area contributed by atoms with Gasteiger partial charge in [-0.05, 0) is 29.8 Å². The van der Waals surface area contributed by atoms with Crippen LogP contribution in [0.3, 0.4) is 0 Å². The molecule has 5 rings (SSSR count).